The van der Waals surface area contributed by atoms with Crippen LogP contribution in [0.5, 0.6) is 0 Å². The van der Waals surface area contributed by atoms with E-state index in [1.807, 2.05) is 26.0 Å². The Morgan fingerprint density at radius 3 is 2.67 bits per heavy atom. The summed E-state index contributed by atoms with van der Waals surface area (Å²) in [5.41, 5.74) is 2.18. The third-order valence-corrected chi connectivity index (χ3v) is 3.97. The number of rotatable bonds is 3. The highest BCUT2D eigenvalue weighted by molar-refractivity contribution is 5.90. The van der Waals surface area contributed by atoms with E-state index in [9.17, 15) is 14.0 Å². The van der Waals surface area contributed by atoms with Crippen LogP contribution >= 0.6 is 0 Å². The third kappa shape index (κ3) is 2.93. The van der Waals surface area contributed by atoms with Crippen LogP contribution in [0.1, 0.15) is 27.0 Å². The van der Waals surface area contributed by atoms with Gasteiger partial charge < -0.3 is 9.15 Å². The Balaban J connectivity index is 1.94. The number of carbonyl (C=O) groups is 1. The standard InChI is InChI=1S/C19H15FO4/c1-11-7-8-14-13(9-17(21)24-18(14)12(11)2)10-23-19(22)15-5-3-4-6-16(15)20/h3-9H,10H2,1-2H3. The lowest BCUT2D eigenvalue weighted by atomic mass is 10.0. The largest absolute Gasteiger partial charge is 0.457 e. The van der Waals surface area contributed by atoms with E-state index < -0.39 is 17.4 Å². The smallest absolute Gasteiger partial charge is 0.341 e. The van der Waals surface area contributed by atoms with E-state index >= 15 is 0 Å². The summed E-state index contributed by atoms with van der Waals surface area (Å²) < 4.78 is 24.1. The number of carbonyl (C=O) groups excluding carboxylic acids is 1. The number of fused-ring (bicyclic) bond motifs is 1. The molecule has 0 unspecified atom stereocenters. The van der Waals surface area contributed by atoms with Gasteiger partial charge in [0.15, 0.2) is 0 Å². The lowest BCUT2D eigenvalue weighted by Crippen LogP contribution is -2.09. The van der Waals surface area contributed by atoms with Gasteiger partial charge in [0, 0.05) is 17.0 Å². The summed E-state index contributed by atoms with van der Waals surface area (Å²) in [4.78, 5) is 23.8. The minimum Gasteiger partial charge on any atom is -0.457 e. The highest BCUT2D eigenvalue weighted by Gasteiger charge is 2.15. The van der Waals surface area contributed by atoms with E-state index in [2.05, 4.69) is 0 Å². The number of hydrogen-bond donors (Lipinski definition) is 0. The molecule has 0 atom stereocenters. The van der Waals surface area contributed by atoms with E-state index in [1.54, 1.807) is 6.07 Å². The Morgan fingerprint density at radius 2 is 1.92 bits per heavy atom. The van der Waals surface area contributed by atoms with E-state index in [0.717, 1.165) is 11.1 Å². The summed E-state index contributed by atoms with van der Waals surface area (Å²) in [6, 6.07) is 10.6. The van der Waals surface area contributed by atoms with Crippen molar-refractivity contribution in [3.05, 3.63) is 81.0 Å². The van der Waals surface area contributed by atoms with Crippen LogP contribution in [-0.4, -0.2) is 5.97 Å². The molecule has 5 heteroatoms. The Kier molecular flexibility index (Phi) is 4.16. The molecule has 0 bridgehead atoms. The zero-order chi connectivity index (χ0) is 17.3. The summed E-state index contributed by atoms with van der Waals surface area (Å²) in [6.45, 7) is 3.63. The zero-order valence-corrected chi connectivity index (χ0v) is 13.3. The predicted octanol–water partition coefficient (Wildman–Crippen LogP) is 3.91. The molecule has 0 aliphatic carbocycles. The van der Waals surface area contributed by atoms with Gasteiger partial charge in [0.05, 0.1) is 5.56 Å². The van der Waals surface area contributed by atoms with Crippen molar-refractivity contribution in [2.75, 3.05) is 0 Å². The Hall–Kier alpha value is -2.95. The molecule has 0 spiro atoms. The predicted molar refractivity (Wildman–Crippen MR) is 87.5 cm³/mol. The summed E-state index contributed by atoms with van der Waals surface area (Å²) in [5, 5.41) is 0.694. The molecule has 1 heterocycles. The van der Waals surface area contributed by atoms with Crippen LogP contribution < -0.4 is 5.63 Å². The lowest BCUT2D eigenvalue weighted by Gasteiger charge is -2.10. The summed E-state index contributed by atoms with van der Waals surface area (Å²) >= 11 is 0. The first kappa shape index (κ1) is 15.9. The molecular formula is C19H15FO4. The van der Waals surface area contributed by atoms with Crippen molar-refractivity contribution < 1.29 is 18.3 Å². The molecule has 0 N–H and O–H groups in total. The fourth-order valence-corrected chi connectivity index (χ4v) is 2.49. The van der Waals surface area contributed by atoms with Gasteiger partial charge in [0.1, 0.15) is 18.0 Å². The second-order valence-electron chi connectivity index (χ2n) is 5.53. The van der Waals surface area contributed by atoms with Crippen molar-refractivity contribution in [3.8, 4) is 0 Å². The van der Waals surface area contributed by atoms with E-state index in [1.165, 1.54) is 24.3 Å². The Morgan fingerprint density at radius 1 is 1.17 bits per heavy atom. The third-order valence-electron chi connectivity index (χ3n) is 3.97. The number of hydrogen-bond acceptors (Lipinski definition) is 4. The fourth-order valence-electron chi connectivity index (χ4n) is 2.49. The zero-order valence-electron chi connectivity index (χ0n) is 13.3. The average molecular weight is 326 g/mol. The van der Waals surface area contributed by atoms with Crippen LogP contribution in [0.3, 0.4) is 0 Å². The minimum atomic E-state index is -0.779. The second kappa shape index (κ2) is 6.28. The summed E-state index contributed by atoms with van der Waals surface area (Å²) in [7, 11) is 0. The highest BCUT2D eigenvalue weighted by atomic mass is 19.1. The maximum absolute atomic E-state index is 13.6. The van der Waals surface area contributed by atoms with Crippen molar-refractivity contribution in [1.29, 1.82) is 0 Å². The molecule has 0 aliphatic rings. The number of aryl methyl sites for hydroxylation is 2. The highest BCUT2D eigenvalue weighted by Crippen LogP contribution is 2.24. The topological polar surface area (TPSA) is 56.5 Å². The minimum absolute atomic E-state index is 0.141. The van der Waals surface area contributed by atoms with Crippen LogP contribution in [0.4, 0.5) is 4.39 Å². The van der Waals surface area contributed by atoms with Crippen LogP contribution in [0.2, 0.25) is 0 Å². The quantitative estimate of drug-likeness (QED) is 0.541. The molecule has 0 radical (unpaired) electrons. The van der Waals surface area contributed by atoms with Crippen molar-refractivity contribution in [2.24, 2.45) is 0 Å². The van der Waals surface area contributed by atoms with Crippen molar-refractivity contribution >= 4 is 16.9 Å². The Labute approximate surface area is 137 Å². The molecule has 0 saturated heterocycles. The first-order chi connectivity index (χ1) is 11.5. The normalized spacial score (nSPS) is 10.8. The van der Waals surface area contributed by atoms with Gasteiger partial charge in [-0.25, -0.2) is 14.0 Å². The monoisotopic (exact) mass is 326 g/mol. The van der Waals surface area contributed by atoms with Gasteiger partial charge in [-0.2, -0.15) is 0 Å². The molecule has 3 aromatic rings. The molecule has 24 heavy (non-hydrogen) atoms. The first-order valence-electron chi connectivity index (χ1n) is 7.42. The maximum atomic E-state index is 13.6. The molecular weight excluding hydrogens is 311 g/mol. The molecule has 2 aromatic carbocycles. The molecule has 122 valence electrons. The maximum Gasteiger partial charge on any atom is 0.341 e. The number of esters is 1. The van der Waals surface area contributed by atoms with Gasteiger partial charge in [0.25, 0.3) is 0 Å². The Bertz CT molecular complexity index is 988. The summed E-state index contributed by atoms with van der Waals surface area (Å²) in [5.74, 6) is -1.43. The average Bonchev–Trinajstić information content (AvgIpc) is 2.56. The van der Waals surface area contributed by atoms with E-state index in [-0.39, 0.29) is 12.2 Å². The molecule has 4 nitrogen and oxygen atoms in total. The molecule has 0 fully saturated rings. The first-order valence-corrected chi connectivity index (χ1v) is 7.42. The van der Waals surface area contributed by atoms with E-state index in [0.29, 0.717) is 16.5 Å². The van der Waals surface area contributed by atoms with Crippen molar-refractivity contribution in [3.63, 3.8) is 0 Å². The SMILES string of the molecule is Cc1ccc2c(COC(=O)c3ccccc3F)cc(=O)oc2c1C. The van der Waals surface area contributed by atoms with Gasteiger partial charge in [-0.1, -0.05) is 24.3 Å². The molecule has 0 saturated carbocycles. The van der Waals surface area contributed by atoms with Crippen LogP contribution in [-0.2, 0) is 11.3 Å². The second-order valence-corrected chi connectivity index (χ2v) is 5.53. The van der Waals surface area contributed by atoms with Crippen molar-refractivity contribution in [2.45, 2.75) is 20.5 Å². The van der Waals surface area contributed by atoms with Gasteiger partial charge >= 0.3 is 11.6 Å². The van der Waals surface area contributed by atoms with Crippen LogP contribution in [0.25, 0.3) is 11.0 Å². The molecule has 0 aliphatic heterocycles. The van der Waals surface area contributed by atoms with Crippen molar-refractivity contribution in [1.82, 2.24) is 0 Å². The van der Waals surface area contributed by atoms with Gasteiger partial charge in [-0.3, -0.25) is 0 Å². The molecule has 1 aromatic heterocycles. The van der Waals surface area contributed by atoms with Gasteiger partial charge in [0.2, 0.25) is 0 Å². The van der Waals surface area contributed by atoms with Gasteiger partial charge in [-0.05, 0) is 37.1 Å². The lowest BCUT2D eigenvalue weighted by molar-refractivity contribution is 0.0468. The fraction of sp³-hybridized carbons (Fsp3) is 0.158. The molecule has 0 amide bonds. The van der Waals surface area contributed by atoms with E-state index in [4.69, 9.17) is 9.15 Å². The molecule has 3 rings (SSSR count). The van der Waals surface area contributed by atoms with Gasteiger partial charge in [-0.15, -0.1) is 0 Å². The number of halogens is 1. The van der Waals surface area contributed by atoms with Crippen LogP contribution in [0, 0.1) is 19.7 Å². The summed E-state index contributed by atoms with van der Waals surface area (Å²) in [6.07, 6.45) is 0. The number of ether oxygens (including phenoxy) is 1. The number of benzene rings is 2. The van der Waals surface area contributed by atoms with Crippen LogP contribution in [0.15, 0.2) is 51.7 Å².